The Morgan fingerprint density at radius 1 is 1.56 bits per heavy atom. The molecule has 16 heavy (non-hydrogen) atoms. The van der Waals surface area contributed by atoms with Crippen molar-refractivity contribution in [1.29, 1.82) is 0 Å². The zero-order chi connectivity index (χ0) is 12.3. The SMILES string of the molecule is CC(C)N(CCO)S(=O)(=O)c1cnn(C)c1. The second-order valence-electron chi connectivity index (χ2n) is 3.78. The molecule has 92 valence electrons. The minimum absolute atomic E-state index is 0.0922. The van der Waals surface area contributed by atoms with Crippen LogP contribution in [0.4, 0.5) is 0 Å². The van der Waals surface area contributed by atoms with Crippen molar-refractivity contribution >= 4 is 10.0 Å². The number of rotatable bonds is 5. The maximum atomic E-state index is 12.1. The van der Waals surface area contributed by atoms with Gasteiger partial charge in [0, 0.05) is 25.8 Å². The zero-order valence-corrected chi connectivity index (χ0v) is 10.5. The highest BCUT2D eigenvalue weighted by Crippen LogP contribution is 2.16. The Labute approximate surface area is 95.5 Å². The van der Waals surface area contributed by atoms with Gasteiger partial charge in [-0.05, 0) is 13.8 Å². The number of nitrogens with zero attached hydrogens (tertiary/aromatic N) is 3. The molecule has 0 radical (unpaired) electrons. The topological polar surface area (TPSA) is 75.4 Å². The number of hydrogen-bond donors (Lipinski definition) is 1. The monoisotopic (exact) mass is 247 g/mol. The van der Waals surface area contributed by atoms with E-state index in [1.54, 1.807) is 20.9 Å². The summed E-state index contributed by atoms with van der Waals surface area (Å²) in [5, 5.41) is 12.7. The van der Waals surface area contributed by atoms with Gasteiger partial charge in [-0.25, -0.2) is 8.42 Å². The summed E-state index contributed by atoms with van der Waals surface area (Å²) >= 11 is 0. The number of aliphatic hydroxyl groups is 1. The van der Waals surface area contributed by atoms with Crippen LogP contribution in [0.3, 0.4) is 0 Å². The van der Waals surface area contributed by atoms with Crippen molar-refractivity contribution < 1.29 is 13.5 Å². The predicted octanol–water partition coefficient (Wildman–Crippen LogP) is -0.189. The summed E-state index contributed by atoms with van der Waals surface area (Å²) < 4.78 is 27.0. The summed E-state index contributed by atoms with van der Waals surface area (Å²) in [4.78, 5) is 0.150. The van der Waals surface area contributed by atoms with Crippen LogP contribution in [0.25, 0.3) is 0 Å². The van der Waals surface area contributed by atoms with Crippen molar-refractivity contribution in [3.8, 4) is 0 Å². The van der Waals surface area contributed by atoms with Crippen LogP contribution < -0.4 is 0 Å². The van der Waals surface area contributed by atoms with E-state index in [0.29, 0.717) is 0 Å². The van der Waals surface area contributed by atoms with Crippen LogP contribution >= 0.6 is 0 Å². The molecule has 1 aromatic heterocycles. The van der Waals surface area contributed by atoms with E-state index in [2.05, 4.69) is 5.10 Å². The van der Waals surface area contributed by atoms with Crippen LogP contribution in [0, 0.1) is 0 Å². The van der Waals surface area contributed by atoms with Gasteiger partial charge in [0.25, 0.3) is 0 Å². The third-order valence-corrected chi connectivity index (χ3v) is 4.21. The molecule has 0 atom stereocenters. The molecule has 1 N–H and O–H groups in total. The number of aromatic nitrogens is 2. The van der Waals surface area contributed by atoms with Crippen LogP contribution in [0.15, 0.2) is 17.3 Å². The standard InChI is InChI=1S/C9H17N3O3S/c1-8(2)12(4-5-13)16(14,15)9-6-10-11(3)7-9/h6-8,13H,4-5H2,1-3H3. The highest BCUT2D eigenvalue weighted by atomic mass is 32.2. The summed E-state index contributed by atoms with van der Waals surface area (Å²) in [6.45, 7) is 3.43. The molecule has 0 fully saturated rings. The molecule has 0 spiro atoms. The molecule has 0 aliphatic rings. The molecule has 1 rings (SSSR count). The largest absolute Gasteiger partial charge is 0.395 e. The Morgan fingerprint density at radius 3 is 2.56 bits per heavy atom. The van der Waals surface area contributed by atoms with E-state index in [-0.39, 0.29) is 24.1 Å². The first-order valence-electron chi connectivity index (χ1n) is 5.01. The number of aliphatic hydroxyl groups excluding tert-OH is 1. The lowest BCUT2D eigenvalue weighted by Gasteiger charge is -2.24. The smallest absolute Gasteiger partial charge is 0.246 e. The van der Waals surface area contributed by atoms with E-state index < -0.39 is 10.0 Å². The average Bonchev–Trinajstić information content (AvgIpc) is 2.61. The normalized spacial score (nSPS) is 12.6. The summed E-state index contributed by atoms with van der Waals surface area (Å²) in [5.74, 6) is 0. The Morgan fingerprint density at radius 2 is 2.19 bits per heavy atom. The van der Waals surface area contributed by atoms with Crippen molar-refractivity contribution in [1.82, 2.24) is 14.1 Å². The van der Waals surface area contributed by atoms with E-state index in [9.17, 15) is 8.42 Å². The second kappa shape index (κ2) is 4.94. The molecule has 6 nitrogen and oxygen atoms in total. The van der Waals surface area contributed by atoms with Crippen molar-refractivity contribution in [2.45, 2.75) is 24.8 Å². The first-order valence-corrected chi connectivity index (χ1v) is 6.45. The Hall–Kier alpha value is -0.920. The van der Waals surface area contributed by atoms with Gasteiger partial charge >= 0.3 is 0 Å². The maximum Gasteiger partial charge on any atom is 0.246 e. The molecule has 0 unspecified atom stereocenters. The number of hydrogen-bond acceptors (Lipinski definition) is 4. The van der Waals surface area contributed by atoms with Gasteiger partial charge in [0.05, 0.1) is 12.8 Å². The lowest BCUT2D eigenvalue weighted by atomic mass is 10.4. The fraction of sp³-hybridized carbons (Fsp3) is 0.667. The molecule has 7 heteroatoms. The minimum atomic E-state index is -3.55. The molecule has 0 aromatic carbocycles. The van der Waals surface area contributed by atoms with E-state index in [0.717, 1.165) is 0 Å². The zero-order valence-electron chi connectivity index (χ0n) is 9.66. The second-order valence-corrected chi connectivity index (χ2v) is 5.67. The van der Waals surface area contributed by atoms with E-state index in [1.165, 1.54) is 21.4 Å². The van der Waals surface area contributed by atoms with Gasteiger partial charge in [0.1, 0.15) is 4.90 Å². The molecule has 1 heterocycles. The molecule has 0 bridgehead atoms. The number of aryl methyl sites for hydroxylation is 1. The molecule has 1 aromatic rings. The summed E-state index contributed by atoms with van der Waals surface area (Å²) in [7, 11) is -1.89. The van der Waals surface area contributed by atoms with Crippen LogP contribution in [0.5, 0.6) is 0 Å². The molecule has 0 saturated carbocycles. The lowest BCUT2D eigenvalue weighted by molar-refractivity contribution is 0.236. The first-order chi connectivity index (χ1) is 7.39. The van der Waals surface area contributed by atoms with Gasteiger partial charge in [0.2, 0.25) is 10.0 Å². The van der Waals surface area contributed by atoms with E-state index in [1.807, 2.05) is 0 Å². The maximum absolute atomic E-state index is 12.1. The number of sulfonamides is 1. The van der Waals surface area contributed by atoms with E-state index in [4.69, 9.17) is 5.11 Å². The van der Waals surface area contributed by atoms with Crippen LogP contribution in [0.2, 0.25) is 0 Å². The van der Waals surface area contributed by atoms with Crippen molar-refractivity contribution in [2.75, 3.05) is 13.2 Å². The Kier molecular flexibility index (Phi) is 4.06. The molecule has 0 aliphatic carbocycles. The molecule has 0 amide bonds. The molecule has 0 aliphatic heterocycles. The summed E-state index contributed by atoms with van der Waals surface area (Å²) in [6.07, 6.45) is 2.75. The highest BCUT2D eigenvalue weighted by molar-refractivity contribution is 7.89. The lowest BCUT2D eigenvalue weighted by Crippen LogP contribution is -2.38. The third-order valence-electron chi connectivity index (χ3n) is 2.18. The van der Waals surface area contributed by atoms with Crippen LogP contribution in [-0.2, 0) is 17.1 Å². The summed E-state index contributed by atoms with van der Waals surface area (Å²) in [5.41, 5.74) is 0. The highest BCUT2D eigenvalue weighted by Gasteiger charge is 2.27. The predicted molar refractivity (Wildman–Crippen MR) is 59.3 cm³/mol. The first kappa shape index (κ1) is 13.1. The van der Waals surface area contributed by atoms with Crippen molar-refractivity contribution in [3.05, 3.63) is 12.4 Å². The Bertz CT molecular complexity index is 439. The minimum Gasteiger partial charge on any atom is -0.395 e. The van der Waals surface area contributed by atoms with Crippen LogP contribution in [-0.4, -0.2) is 46.8 Å². The van der Waals surface area contributed by atoms with Crippen molar-refractivity contribution in [3.63, 3.8) is 0 Å². The van der Waals surface area contributed by atoms with Gasteiger partial charge in [0.15, 0.2) is 0 Å². The average molecular weight is 247 g/mol. The third kappa shape index (κ3) is 2.60. The van der Waals surface area contributed by atoms with Gasteiger partial charge < -0.3 is 5.11 Å². The van der Waals surface area contributed by atoms with Gasteiger partial charge in [-0.2, -0.15) is 9.40 Å². The molecule has 0 saturated heterocycles. The fourth-order valence-corrected chi connectivity index (χ4v) is 3.04. The Balaban J connectivity index is 3.08. The van der Waals surface area contributed by atoms with Crippen molar-refractivity contribution in [2.24, 2.45) is 7.05 Å². The molecular formula is C9H17N3O3S. The molecular weight excluding hydrogens is 230 g/mol. The van der Waals surface area contributed by atoms with Crippen LogP contribution in [0.1, 0.15) is 13.8 Å². The quantitative estimate of drug-likeness (QED) is 0.782. The van der Waals surface area contributed by atoms with Gasteiger partial charge in [-0.15, -0.1) is 0 Å². The van der Waals surface area contributed by atoms with Gasteiger partial charge in [-0.3, -0.25) is 4.68 Å². The van der Waals surface area contributed by atoms with E-state index >= 15 is 0 Å². The summed E-state index contributed by atoms with van der Waals surface area (Å²) in [6, 6.07) is -0.197. The fourth-order valence-electron chi connectivity index (χ4n) is 1.42. The van der Waals surface area contributed by atoms with Gasteiger partial charge in [-0.1, -0.05) is 0 Å².